The molecule has 10 heteroatoms. The highest BCUT2D eigenvalue weighted by atomic mass is 19.1. The fourth-order valence-electron chi connectivity index (χ4n) is 2.38. The first-order chi connectivity index (χ1) is 12.4. The molecule has 1 aromatic carbocycles. The van der Waals surface area contributed by atoms with Gasteiger partial charge in [0.2, 0.25) is 12.6 Å². The van der Waals surface area contributed by atoms with Crippen molar-refractivity contribution in [2.75, 3.05) is 6.86 Å². The van der Waals surface area contributed by atoms with Gasteiger partial charge in [-0.25, -0.2) is 9.37 Å². The summed E-state index contributed by atoms with van der Waals surface area (Å²) in [5, 5.41) is 37.9. The van der Waals surface area contributed by atoms with Crippen LogP contribution in [-0.2, 0) is 5.79 Å². The molecule has 0 saturated heterocycles. The number of nitrogens with zero attached hydrogens (tertiary/aromatic N) is 3. The highest BCUT2D eigenvalue weighted by Crippen LogP contribution is 2.34. The first kappa shape index (κ1) is 17.5. The van der Waals surface area contributed by atoms with E-state index < -0.39 is 17.6 Å². The van der Waals surface area contributed by atoms with Gasteiger partial charge in [-0.2, -0.15) is 5.10 Å². The highest BCUT2D eigenvalue weighted by molar-refractivity contribution is 5.69. The van der Waals surface area contributed by atoms with E-state index in [1.165, 1.54) is 48.8 Å². The molecule has 0 atom stereocenters. The lowest BCUT2D eigenvalue weighted by Crippen LogP contribution is -2.27. The number of aromatic amines is 1. The molecule has 134 valence electrons. The molecular formula is C16H13FN4O5. The molecule has 0 aliphatic heterocycles. The molecule has 0 amide bonds. The topological polar surface area (TPSA) is 134 Å². The highest BCUT2D eigenvalue weighted by Gasteiger charge is 2.32. The average molecular weight is 360 g/mol. The summed E-state index contributed by atoms with van der Waals surface area (Å²) in [7, 11) is 0. The van der Waals surface area contributed by atoms with Crippen LogP contribution >= 0.6 is 0 Å². The number of nitro benzene ring substituents is 1. The van der Waals surface area contributed by atoms with Gasteiger partial charge in [0.1, 0.15) is 17.1 Å². The van der Waals surface area contributed by atoms with Crippen LogP contribution in [0.3, 0.4) is 0 Å². The minimum atomic E-state index is -2.48. The molecule has 3 rings (SSSR count). The number of hydrogen-bond acceptors (Lipinski definition) is 7. The Balaban J connectivity index is 2.14. The molecule has 26 heavy (non-hydrogen) atoms. The molecule has 0 bridgehead atoms. The average Bonchev–Trinajstić information content (AvgIpc) is 3.18. The van der Waals surface area contributed by atoms with Gasteiger partial charge < -0.3 is 14.9 Å². The quantitative estimate of drug-likeness (QED) is 0.347. The number of alkyl halides is 1. The van der Waals surface area contributed by atoms with E-state index in [-0.39, 0.29) is 34.0 Å². The molecule has 0 fully saturated rings. The molecule has 9 nitrogen and oxygen atoms in total. The first-order valence-electron chi connectivity index (χ1n) is 7.32. The number of nitro groups is 1. The summed E-state index contributed by atoms with van der Waals surface area (Å²) in [6, 6.07) is 8.01. The molecule has 0 spiro atoms. The summed E-state index contributed by atoms with van der Waals surface area (Å²) < 4.78 is 17.5. The number of halogens is 1. The van der Waals surface area contributed by atoms with E-state index in [0.717, 1.165) is 0 Å². The molecule has 0 radical (unpaired) electrons. The van der Waals surface area contributed by atoms with Crippen molar-refractivity contribution in [3.8, 4) is 17.0 Å². The minimum Gasteiger partial charge on any atom is -0.461 e. The van der Waals surface area contributed by atoms with Crippen LogP contribution in [0.4, 0.5) is 10.1 Å². The maximum atomic E-state index is 12.7. The Kier molecular flexibility index (Phi) is 4.61. The SMILES string of the molecule is O=[N+]([O-])c1cccc(-c2nc(C(O)(O)c3cn[nH]c3)ccc2OCF)c1. The van der Waals surface area contributed by atoms with E-state index in [1.807, 2.05) is 0 Å². The number of pyridine rings is 1. The molecule has 0 unspecified atom stereocenters. The Labute approximate surface area is 145 Å². The molecule has 0 aliphatic rings. The Bertz CT molecular complexity index is 930. The zero-order valence-corrected chi connectivity index (χ0v) is 13.2. The minimum absolute atomic E-state index is 0.000239. The second-order valence-electron chi connectivity index (χ2n) is 5.26. The van der Waals surface area contributed by atoms with E-state index in [9.17, 15) is 24.7 Å². The number of hydrogen-bond donors (Lipinski definition) is 3. The van der Waals surface area contributed by atoms with E-state index in [4.69, 9.17) is 4.74 Å². The molecule has 2 aromatic heterocycles. The zero-order valence-electron chi connectivity index (χ0n) is 13.2. The van der Waals surface area contributed by atoms with E-state index >= 15 is 0 Å². The van der Waals surface area contributed by atoms with Crippen molar-refractivity contribution in [3.63, 3.8) is 0 Å². The predicted molar refractivity (Wildman–Crippen MR) is 86.7 cm³/mol. The van der Waals surface area contributed by atoms with Gasteiger partial charge in [-0.05, 0) is 12.1 Å². The number of aromatic nitrogens is 3. The maximum Gasteiger partial charge on any atom is 0.270 e. The third-order valence-electron chi connectivity index (χ3n) is 3.66. The third-order valence-corrected chi connectivity index (χ3v) is 3.66. The third kappa shape index (κ3) is 3.23. The Morgan fingerprint density at radius 1 is 1.31 bits per heavy atom. The largest absolute Gasteiger partial charge is 0.461 e. The number of benzene rings is 1. The van der Waals surface area contributed by atoms with Crippen LogP contribution in [0.5, 0.6) is 5.75 Å². The van der Waals surface area contributed by atoms with Crippen molar-refractivity contribution >= 4 is 5.69 Å². The van der Waals surface area contributed by atoms with Gasteiger partial charge >= 0.3 is 0 Å². The number of ether oxygens (including phenoxy) is 1. The summed E-state index contributed by atoms with van der Waals surface area (Å²) in [5.74, 6) is -2.48. The van der Waals surface area contributed by atoms with Crippen molar-refractivity contribution in [1.82, 2.24) is 15.2 Å². The van der Waals surface area contributed by atoms with Crippen molar-refractivity contribution in [3.05, 3.63) is 70.2 Å². The number of rotatable bonds is 6. The molecule has 2 heterocycles. The summed E-state index contributed by atoms with van der Waals surface area (Å²) in [6.07, 6.45) is 2.49. The number of aliphatic hydroxyl groups is 2. The van der Waals surface area contributed by atoms with Crippen LogP contribution < -0.4 is 4.74 Å². The number of nitrogens with one attached hydrogen (secondary N) is 1. The van der Waals surface area contributed by atoms with Crippen molar-refractivity contribution in [2.45, 2.75) is 5.79 Å². The van der Waals surface area contributed by atoms with Gasteiger partial charge in [0.15, 0.2) is 0 Å². The van der Waals surface area contributed by atoms with E-state index in [0.29, 0.717) is 0 Å². The van der Waals surface area contributed by atoms with Gasteiger partial charge in [0, 0.05) is 23.9 Å². The normalized spacial score (nSPS) is 11.3. The zero-order chi connectivity index (χ0) is 18.7. The van der Waals surface area contributed by atoms with Gasteiger partial charge in [-0.1, -0.05) is 12.1 Å². The molecular weight excluding hydrogens is 347 g/mol. The van der Waals surface area contributed by atoms with Gasteiger partial charge in [-0.15, -0.1) is 0 Å². The lowest BCUT2D eigenvalue weighted by molar-refractivity contribution is -0.384. The smallest absolute Gasteiger partial charge is 0.270 e. The first-order valence-corrected chi connectivity index (χ1v) is 7.32. The summed E-state index contributed by atoms with van der Waals surface area (Å²) in [4.78, 5) is 14.5. The van der Waals surface area contributed by atoms with Crippen LogP contribution in [0.2, 0.25) is 0 Å². The molecule has 3 N–H and O–H groups in total. The van der Waals surface area contributed by atoms with E-state index in [1.54, 1.807) is 0 Å². The summed E-state index contributed by atoms with van der Waals surface area (Å²) >= 11 is 0. The fraction of sp³-hybridized carbons (Fsp3) is 0.125. The number of H-pyrrole nitrogens is 1. The Morgan fingerprint density at radius 3 is 2.77 bits per heavy atom. The summed E-state index contributed by atoms with van der Waals surface area (Å²) in [5.41, 5.74) is -0.0666. The van der Waals surface area contributed by atoms with Crippen LogP contribution in [0.25, 0.3) is 11.3 Å². The monoisotopic (exact) mass is 360 g/mol. The van der Waals surface area contributed by atoms with Gasteiger partial charge in [0.25, 0.3) is 5.69 Å². The fourth-order valence-corrected chi connectivity index (χ4v) is 2.38. The lowest BCUT2D eigenvalue weighted by atomic mass is 10.0. The lowest BCUT2D eigenvalue weighted by Gasteiger charge is -2.21. The summed E-state index contributed by atoms with van der Waals surface area (Å²) in [6.45, 7) is -1.14. The maximum absolute atomic E-state index is 12.7. The van der Waals surface area contributed by atoms with E-state index in [2.05, 4.69) is 15.2 Å². The van der Waals surface area contributed by atoms with Crippen molar-refractivity contribution in [1.29, 1.82) is 0 Å². The standard InChI is InChI=1S/C16H13FN4O5/c17-9-26-13-4-5-14(16(22,23)11-7-18-19-8-11)20-15(13)10-2-1-3-12(6-10)21(24)25/h1-8,22-23H,9H2,(H,18,19). The van der Waals surface area contributed by atoms with Crippen LogP contribution in [0.1, 0.15) is 11.3 Å². The molecule has 0 saturated carbocycles. The van der Waals surface area contributed by atoms with Crippen LogP contribution in [0, 0.1) is 10.1 Å². The number of non-ortho nitro benzene ring substituents is 1. The molecule has 3 aromatic rings. The van der Waals surface area contributed by atoms with Crippen LogP contribution in [-0.4, -0.2) is 37.2 Å². The second kappa shape index (κ2) is 6.86. The molecule has 0 aliphatic carbocycles. The second-order valence-corrected chi connectivity index (χ2v) is 5.26. The van der Waals surface area contributed by atoms with Gasteiger partial charge in [-0.3, -0.25) is 15.2 Å². The predicted octanol–water partition coefficient (Wildman–Crippen LogP) is 1.87. The Morgan fingerprint density at radius 2 is 2.12 bits per heavy atom. The Hall–Kier alpha value is -3.37. The van der Waals surface area contributed by atoms with Crippen LogP contribution in [0.15, 0.2) is 48.8 Å². The van der Waals surface area contributed by atoms with Crippen molar-refractivity contribution in [2.24, 2.45) is 0 Å². The van der Waals surface area contributed by atoms with Gasteiger partial charge in [0.05, 0.1) is 16.7 Å². The van der Waals surface area contributed by atoms with Crippen molar-refractivity contribution < 1.29 is 24.3 Å².